The van der Waals surface area contributed by atoms with Gasteiger partial charge in [-0.2, -0.15) is 5.90 Å². The number of hydrogen-bond acceptors (Lipinski definition) is 4. The number of hydrogen-bond donors (Lipinski definition) is 1. The van der Waals surface area contributed by atoms with Gasteiger partial charge in [-0.25, -0.2) is 0 Å². The van der Waals surface area contributed by atoms with E-state index in [2.05, 4.69) is 10.7 Å². The third-order valence-corrected chi connectivity index (χ3v) is 0.973. The van der Waals surface area contributed by atoms with Gasteiger partial charge in [0.05, 0.1) is 18.6 Å². The molecular formula is C7H15NO3. The Balaban J connectivity index is 3.35. The van der Waals surface area contributed by atoms with Crippen molar-refractivity contribution in [3.8, 4) is 0 Å². The van der Waals surface area contributed by atoms with Crippen LogP contribution in [-0.2, 0) is 14.4 Å². The molecule has 0 aliphatic rings. The van der Waals surface area contributed by atoms with Crippen LogP contribution in [0.2, 0.25) is 0 Å². The second kappa shape index (κ2) is 4.31. The molecule has 0 aromatic heterocycles. The molecule has 0 radical (unpaired) electrons. The molecule has 0 amide bonds. The molecule has 0 saturated heterocycles. The molecule has 0 fully saturated rings. The molecule has 2 N–H and O–H groups in total. The van der Waals surface area contributed by atoms with Crippen molar-refractivity contribution in [1.82, 2.24) is 0 Å². The van der Waals surface area contributed by atoms with Crippen molar-refractivity contribution in [3.63, 3.8) is 0 Å². The maximum Gasteiger partial charge on any atom is 0.326 e. The molecule has 0 unspecified atom stereocenters. The highest BCUT2D eigenvalue weighted by molar-refractivity contribution is 5.68. The molecule has 0 atom stereocenters. The van der Waals surface area contributed by atoms with Crippen LogP contribution in [0.1, 0.15) is 27.2 Å². The number of carbonyl (C=O) groups is 1. The summed E-state index contributed by atoms with van der Waals surface area (Å²) >= 11 is 0. The highest BCUT2D eigenvalue weighted by atomic mass is 16.7. The van der Waals surface area contributed by atoms with Gasteiger partial charge in [0.15, 0.2) is 0 Å². The number of carbonyl (C=O) groups excluding carboxylic acids is 1. The Morgan fingerprint density at radius 2 is 2.00 bits per heavy atom. The summed E-state index contributed by atoms with van der Waals surface area (Å²) in [7, 11) is 0. The van der Waals surface area contributed by atoms with Crippen LogP contribution in [-0.4, -0.2) is 18.2 Å². The molecule has 0 aromatic carbocycles. The first-order valence-electron chi connectivity index (χ1n) is 3.49. The summed E-state index contributed by atoms with van der Waals surface area (Å²) in [6.45, 7) is 6.10. The number of ether oxygens (including phenoxy) is 1. The van der Waals surface area contributed by atoms with Crippen LogP contribution < -0.4 is 5.90 Å². The summed E-state index contributed by atoms with van der Waals surface area (Å²) < 4.78 is 5.25. The average Bonchev–Trinajstić information content (AvgIpc) is 1.85. The maximum absolute atomic E-state index is 10.5. The predicted octanol–water partition coefficient (Wildman–Crippen LogP) is 0.609. The average molecular weight is 161 g/mol. The Kier molecular flexibility index (Phi) is 4.07. The molecule has 0 saturated carbocycles. The van der Waals surface area contributed by atoms with E-state index in [1.807, 2.05) is 20.8 Å². The minimum Gasteiger partial charge on any atom is -0.375 e. The summed E-state index contributed by atoms with van der Waals surface area (Å²) in [6, 6.07) is 0. The Morgan fingerprint density at radius 1 is 1.45 bits per heavy atom. The van der Waals surface area contributed by atoms with Crippen LogP contribution in [0.25, 0.3) is 0 Å². The fourth-order valence-corrected chi connectivity index (χ4v) is 0.499. The molecule has 66 valence electrons. The van der Waals surface area contributed by atoms with Gasteiger partial charge in [-0.05, 0) is 20.8 Å². The summed E-state index contributed by atoms with van der Waals surface area (Å²) in [6.07, 6.45) is 0.202. The fraction of sp³-hybridized carbons (Fsp3) is 0.857. The molecule has 0 heterocycles. The first-order valence-corrected chi connectivity index (χ1v) is 3.49. The third kappa shape index (κ3) is 7.29. The molecule has 0 aromatic rings. The van der Waals surface area contributed by atoms with E-state index in [0.29, 0.717) is 6.61 Å². The molecule has 0 rings (SSSR count). The molecule has 0 spiro atoms. The van der Waals surface area contributed by atoms with Crippen LogP contribution in [0.3, 0.4) is 0 Å². The Morgan fingerprint density at radius 3 is 2.36 bits per heavy atom. The van der Waals surface area contributed by atoms with Crippen molar-refractivity contribution >= 4 is 5.97 Å². The van der Waals surface area contributed by atoms with Gasteiger partial charge < -0.3 is 9.57 Å². The van der Waals surface area contributed by atoms with Gasteiger partial charge in [-0.15, -0.1) is 0 Å². The number of rotatable bonds is 3. The van der Waals surface area contributed by atoms with Crippen molar-refractivity contribution < 1.29 is 14.4 Å². The van der Waals surface area contributed by atoms with Crippen molar-refractivity contribution in [1.29, 1.82) is 0 Å². The maximum atomic E-state index is 10.5. The van der Waals surface area contributed by atoms with Gasteiger partial charge in [0, 0.05) is 0 Å². The molecule has 11 heavy (non-hydrogen) atoms. The van der Waals surface area contributed by atoms with Crippen LogP contribution in [0.15, 0.2) is 0 Å². The molecule has 0 aliphatic heterocycles. The van der Waals surface area contributed by atoms with E-state index in [9.17, 15) is 4.79 Å². The topological polar surface area (TPSA) is 61.5 Å². The van der Waals surface area contributed by atoms with E-state index in [0.717, 1.165) is 0 Å². The number of nitrogens with two attached hydrogens (primary N) is 1. The van der Waals surface area contributed by atoms with Gasteiger partial charge in [0.1, 0.15) is 0 Å². The molecule has 0 bridgehead atoms. The van der Waals surface area contributed by atoms with Crippen LogP contribution >= 0.6 is 0 Å². The summed E-state index contributed by atoms with van der Waals surface area (Å²) in [4.78, 5) is 14.4. The normalized spacial score (nSPS) is 11.3. The summed E-state index contributed by atoms with van der Waals surface area (Å²) in [5, 5.41) is 0. The van der Waals surface area contributed by atoms with Crippen LogP contribution in [0.4, 0.5) is 0 Å². The zero-order valence-corrected chi connectivity index (χ0v) is 7.22. The zero-order chi connectivity index (χ0) is 8.91. The van der Waals surface area contributed by atoms with Crippen molar-refractivity contribution in [3.05, 3.63) is 0 Å². The molecule has 4 heteroatoms. The van der Waals surface area contributed by atoms with E-state index >= 15 is 0 Å². The Labute approximate surface area is 66.6 Å². The van der Waals surface area contributed by atoms with E-state index in [4.69, 9.17) is 4.74 Å². The lowest BCUT2D eigenvalue weighted by atomic mass is 10.2. The zero-order valence-electron chi connectivity index (χ0n) is 7.22. The standard InChI is InChI=1S/C7H15NO3/c1-7(2,3)10-5-4-6(9)11-8/h4-5,8H2,1-3H3. The minimum absolute atomic E-state index is 0.202. The minimum atomic E-state index is -0.450. The van der Waals surface area contributed by atoms with Gasteiger partial charge in [-0.1, -0.05) is 0 Å². The van der Waals surface area contributed by atoms with Gasteiger partial charge in [0.2, 0.25) is 0 Å². The first kappa shape index (κ1) is 10.4. The van der Waals surface area contributed by atoms with E-state index < -0.39 is 5.97 Å². The SMILES string of the molecule is CC(C)(C)OCCC(=O)ON. The van der Waals surface area contributed by atoms with Crippen molar-refractivity contribution in [2.24, 2.45) is 5.90 Å². The van der Waals surface area contributed by atoms with E-state index in [-0.39, 0.29) is 12.0 Å². The van der Waals surface area contributed by atoms with Gasteiger partial charge >= 0.3 is 5.97 Å². The predicted molar refractivity (Wildman–Crippen MR) is 40.6 cm³/mol. The quantitative estimate of drug-likeness (QED) is 0.616. The molecule has 4 nitrogen and oxygen atoms in total. The molecular weight excluding hydrogens is 146 g/mol. The lowest BCUT2D eigenvalue weighted by Crippen LogP contribution is -2.22. The van der Waals surface area contributed by atoms with E-state index in [1.165, 1.54) is 0 Å². The first-order chi connectivity index (χ1) is 4.95. The van der Waals surface area contributed by atoms with E-state index in [1.54, 1.807) is 0 Å². The third-order valence-electron chi connectivity index (χ3n) is 0.973. The van der Waals surface area contributed by atoms with Gasteiger partial charge in [-0.3, -0.25) is 4.79 Å². The highest BCUT2D eigenvalue weighted by Crippen LogP contribution is 2.06. The van der Waals surface area contributed by atoms with Crippen molar-refractivity contribution in [2.45, 2.75) is 32.8 Å². The second-order valence-electron chi connectivity index (χ2n) is 3.20. The lowest BCUT2D eigenvalue weighted by Gasteiger charge is -2.18. The molecule has 0 aliphatic carbocycles. The smallest absolute Gasteiger partial charge is 0.326 e. The largest absolute Gasteiger partial charge is 0.375 e. The fourth-order valence-electron chi connectivity index (χ4n) is 0.499. The van der Waals surface area contributed by atoms with Crippen molar-refractivity contribution in [2.75, 3.05) is 6.61 Å². The van der Waals surface area contributed by atoms with Crippen LogP contribution in [0, 0.1) is 0 Å². The monoisotopic (exact) mass is 161 g/mol. The summed E-state index contributed by atoms with van der Waals surface area (Å²) in [5.41, 5.74) is -0.213. The summed E-state index contributed by atoms with van der Waals surface area (Å²) in [5.74, 6) is 4.17. The van der Waals surface area contributed by atoms with Crippen LogP contribution in [0.5, 0.6) is 0 Å². The second-order valence-corrected chi connectivity index (χ2v) is 3.20. The Hall–Kier alpha value is -0.610. The van der Waals surface area contributed by atoms with Gasteiger partial charge in [0.25, 0.3) is 0 Å². The lowest BCUT2D eigenvalue weighted by molar-refractivity contribution is -0.146. The highest BCUT2D eigenvalue weighted by Gasteiger charge is 2.10. The Bertz CT molecular complexity index is 128.